The largest absolute Gasteiger partial charge is 0.330 e. The van der Waals surface area contributed by atoms with E-state index in [1.165, 1.54) is 0 Å². The molecular weight excluding hydrogens is 194 g/mol. The maximum atomic E-state index is 5.35. The molecule has 0 saturated heterocycles. The van der Waals surface area contributed by atoms with Crippen LogP contribution in [0.3, 0.4) is 0 Å². The SMILES string of the molecule is NCCCn1cncc1Br. The molecule has 4 heteroatoms. The zero-order valence-electron chi connectivity index (χ0n) is 5.63. The number of aromatic nitrogens is 2. The molecule has 0 saturated carbocycles. The molecule has 1 aromatic heterocycles. The number of imidazole rings is 1. The number of hydrogen-bond donors (Lipinski definition) is 1. The number of aryl methyl sites for hydroxylation is 1. The van der Waals surface area contributed by atoms with E-state index in [1.54, 1.807) is 12.5 Å². The maximum absolute atomic E-state index is 5.35. The van der Waals surface area contributed by atoms with Crippen molar-refractivity contribution < 1.29 is 0 Å². The molecule has 0 amide bonds. The summed E-state index contributed by atoms with van der Waals surface area (Å²) in [4.78, 5) is 3.95. The number of rotatable bonds is 3. The van der Waals surface area contributed by atoms with Crippen LogP contribution >= 0.6 is 15.9 Å². The van der Waals surface area contributed by atoms with Gasteiger partial charge in [0.05, 0.1) is 12.5 Å². The minimum Gasteiger partial charge on any atom is -0.330 e. The summed E-state index contributed by atoms with van der Waals surface area (Å²) in [5.41, 5.74) is 5.35. The average Bonchev–Trinajstić information content (AvgIpc) is 2.31. The maximum Gasteiger partial charge on any atom is 0.104 e. The zero-order chi connectivity index (χ0) is 7.40. The van der Waals surface area contributed by atoms with Crippen LogP contribution in [0.5, 0.6) is 0 Å². The Hall–Kier alpha value is -0.350. The molecule has 0 radical (unpaired) electrons. The number of hydrogen-bond acceptors (Lipinski definition) is 2. The van der Waals surface area contributed by atoms with Gasteiger partial charge in [0.1, 0.15) is 4.60 Å². The van der Waals surface area contributed by atoms with Crippen LogP contribution in [0.1, 0.15) is 6.42 Å². The lowest BCUT2D eigenvalue weighted by molar-refractivity contribution is 0.640. The third-order valence-electron chi connectivity index (χ3n) is 1.26. The van der Waals surface area contributed by atoms with Gasteiger partial charge in [-0.1, -0.05) is 0 Å². The van der Waals surface area contributed by atoms with Gasteiger partial charge in [-0.25, -0.2) is 4.98 Å². The van der Waals surface area contributed by atoms with Gasteiger partial charge in [-0.05, 0) is 28.9 Å². The van der Waals surface area contributed by atoms with E-state index in [0.717, 1.165) is 24.1 Å². The van der Waals surface area contributed by atoms with E-state index in [9.17, 15) is 0 Å². The predicted octanol–water partition coefficient (Wildman–Crippen LogP) is 0.994. The third kappa shape index (κ3) is 1.82. The van der Waals surface area contributed by atoms with Crippen molar-refractivity contribution in [2.45, 2.75) is 13.0 Å². The van der Waals surface area contributed by atoms with Gasteiger partial charge in [-0.3, -0.25) is 0 Å². The molecule has 1 aromatic rings. The first kappa shape index (κ1) is 7.75. The standard InChI is InChI=1S/C6H10BrN3/c7-6-4-9-5-10(6)3-1-2-8/h4-5H,1-3,8H2. The van der Waals surface area contributed by atoms with E-state index in [0.29, 0.717) is 0 Å². The van der Waals surface area contributed by atoms with E-state index in [4.69, 9.17) is 5.73 Å². The fraction of sp³-hybridized carbons (Fsp3) is 0.500. The van der Waals surface area contributed by atoms with Gasteiger partial charge in [0.25, 0.3) is 0 Å². The highest BCUT2D eigenvalue weighted by Gasteiger charge is 1.94. The first-order valence-electron chi connectivity index (χ1n) is 3.20. The second-order valence-electron chi connectivity index (χ2n) is 2.05. The number of halogens is 1. The van der Waals surface area contributed by atoms with Crippen LogP contribution in [-0.2, 0) is 6.54 Å². The average molecular weight is 204 g/mol. The molecule has 0 spiro atoms. The van der Waals surface area contributed by atoms with Crippen LogP contribution in [0.4, 0.5) is 0 Å². The van der Waals surface area contributed by atoms with Crippen molar-refractivity contribution in [3.63, 3.8) is 0 Å². The lowest BCUT2D eigenvalue weighted by Gasteiger charge is -2.00. The van der Waals surface area contributed by atoms with Crippen LogP contribution in [0.25, 0.3) is 0 Å². The molecule has 0 fully saturated rings. The summed E-state index contributed by atoms with van der Waals surface area (Å²) >= 11 is 3.36. The van der Waals surface area contributed by atoms with Crippen LogP contribution in [0.2, 0.25) is 0 Å². The molecule has 2 N–H and O–H groups in total. The van der Waals surface area contributed by atoms with Gasteiger partial charge in [-0.15, -0.1) is 0 Å². The Labute approximate surface area is 68.4 Å². The Balaban J connectivity index is 2.49. The van der Waals surface area contributed by atoms with Crippen molar-refractivity contribution in [3.05, 3.63) is 17.1 Å². The van der Waals surface area contributed by atoms with Crippen molar-refractivity contribution in [1.82, 2.24) is 9.55 Å². The Morgan fingerprint density at radius 2 is 2.50 bits per heavy atom. The van der Waals surface area contributed by atoms with E-state index < -0.39 is 0 Å². The molecule has 0 bridgehead atoms. The van der Waals surface area contributed by atoms with Crippen LogP contribution < -0.4 is 5.73 Å². The topological polar surface area (TPSA) is 43.8 Å². The molecule has 3 nitrogen and oxygen atoms in total. The minimum atomic E-state index is 0.727. The third-order valence-corrected chi connectivity index (χ3v) is 1.92. The van der Waals surface area contributed by atoms with Crippen molar-refractivity contribution in [2.75, 3.05) is 6.54 Å². The normalized spacial score (nSPS) is 10.2. The summed E-state index contributed by atoms with van der Waals surface area (Å²) in [6.07, 6.45) is 4.56. The highest BCUT2D eigenvalue weighted by Crippen LogP contribution is 2.07. The smallest absolute Gasteiger partial charge is 0.104 e. The number of nitrogens with zero attached hydrogens (tertiary/aromatic N) is 2. The lowest BCUT2D eigenvalue weighted by atomic mass is 10.4. The van der Waals surface area contributed by atoms with Gasteiger partial charge < -0.3 is 10.3 Å². The highest BCUT2D eigenvalue weighted by molar-refractivity contribution is 9.10. The highest BCUT2D eigenvalue weighted by atomic mass is 79.9. The lowest BCUT2D eigenvalue weighted by Crippen LogP contribution is -2.04. The molecule has 56 valence electrons. The Bertz CT molecular complexity index is 197. The summed E-state index contributed by atoms with van der Waals surface area (Å²) in [5.74, 6) is 0. The summed E-state index contributed by atoms with van der Waals surface area (Å²) in [6.45, 7) is 1.67. The quantitative estimate of drug-likeness (QED) is 0.797. The van der Waals surface area contributed by atoms with E-state index in [1.807, 2.05) is 4.57 Å². The molecule has 0 aliphatic heterocycles. The van der Waals surface area contributed by atoms with E-state index in [-0.39, 0.29) is 0 Å². The summed E-state index contributed by atoms with van der Waals surface area (Å²) in [6, 6.07) is 0. The molecule has 0 aromatic carbocycles. The first-order valence-corrected chi connectivity index (χ1v) is 3.99. The monoisotopic (exact) mass is 203 g/mol. The Morgan fingerprint density at radius 1 is 1.70 bits per heavy atom. The Kier molecular flexibility index (Phi) is 2.89. The van der Waals surface area contributed by atoms with Gasteiger partial charge >= 0.3 is 0 Å². The molecule has 1 heterocycles. The van der Waals surface area contributed by atoms with Crippen molar-refractivity contribution in [3.8, 4) is 0 Å². The molecule has 10 heavy (non-hydrogen) atoms. The second-order valence-corrected chi connectivity index (χ2v) is 2.86. The van der Waals surface area contributed by atoms with Crippen LogP contribution in [0, 0.1) is 0 Å². The number of nitrogens with two attached hydrogens (primary N) is 1. The van der Waals surface area contributed by atoms with E-state index >= 15 is 0 Å². The molecule has 0 aliphatic carbocycles. The van der Waals surface area contributed by atoms with Gasteiger partial charge in [0, 0.05) is 6.54 Å². The summed E-state index contributed by atoms with van der Waals surface area (Å²) in [7, 11) is 0. The molecule has 0 unspecified atom stereocenters. The van der Waals surface area contributed by atoms with Gasteiger partial charge in [0.2, 0.25) is 0 Å². The molecule has 0 aliphatic rings. The van der Waals surface area contributed by atoms with Crippen molar-refractivity contribution >= 4 is 15.9 Å². The van der Waals surface area contributed by atoms with Crippen molar-refractivity contribution in [2.24, 2.45) is 5.73 Å². The fourth-order valence-electron chi connectivity index (χ4n) is 0.731. The first-order chi connectivity index (χ1) is 4.84. The zero-order valence-corrected chi connectivity index (χ0v) is 7.21. The van der Waals surface area contributed by atoms with Crippen LogP contribution in [-0.4, -0.2) is 16.1 Å². The summed E-state index contributed by atoms with van der Waals surface area (Å²) < 4.78 is 3.04. The second kappa shape index (κ2) is 3.73. The van der Waals surface area contributed by atoms with Gasteiger partial charge in [-0.2, -0.15) is 0 Å². The fourth-order valence-corrected chi connectivity index (χ4v) is 1.12. The minimum absolute atomic E-state index is 0.727. The van der Waals surface area contributed by atoms with E-state index in [2.05, 4.69) is 20.9 Å². The predicted molar refractivity (Wildman–Crippen MR) is 43.6 cm³/mol. The van der Waals surface area contributed by atoms with Crippen molar-refractivity contribution in [1.29, 1.82) is 0 Å². The van der Waals surface area contributed by atoms with Crippen LogP contribution in [0.15, 0.2) is 17.1 Å². The van der Waals surface area contributed by atoms with Gasteiger partial charge in [0.15, 0.2) is 0 Å². The Morgan fingerprint density at radius 3 is 3.00 bits per heavy atom. The molecular formula is C6H10BrN3. The summed E-state index contributed by atoms with van der Waals surface area (Å²) in [5, 5.41) is 0. The molecule has 1 rings (SSSR count). The molecule has 0 atom stereocenters.